The molecular formula is C14H14ClN3O. The number of pyridine rings is 1. The number of nitrogens with two attached hydrogens (primary N) is 1. The molecule has 4 nitrogen and oxygen atoms in total. The third-order valence-electron chi connectivity index (χ3n) is 2.68. The Hall–Kier alpha value is -1.91. The van der Waals surface area contributed by atoms with Crippen LogP contribution >= 0.6 is 11.6 Å². The second-order valence-electron chi connectivity index (χ2n) is 4.23. The molecule has 2 aromatic rings. The van der Waals surface area contributed by atoms with Crippen LogP contribution in [0.25, 0.3) is 0 Å². The molecule has 3 N–H and O–H groups in total. The average molecular weight is 276 g/mol. The Morgan fingerprint density at radius 3 is 2.47 bits per heavy atom. The van der Waals surface area contributed by atoms with Crippen molar-refractivity contribution in [2.45, 2.75) is 13.0 Å². The minimum Gasteiger partial charge on any atom is -0.324 e. The summed E-state index contributed by atoms with van der Waals surface area (Å²) in [5, 5.41) is 3.14. The predicted octanol–water partition coefficient (Wildman–Crippen LogP) is 3.01. The van der Waals surface area contributed by atoms with Crippen LogP contribution < -0.4 is 11.1 Å². The van der Waals surface area contributed by atoms with Crippen molar-refractivity contribution in [2.75, 3.05) is 5.32 Å². The Balaban J connectivity index is 2.08. The van der Waals surface area contributed by atoms with Crippen LogP contribution in [0.2, 0.25) is 5.15 Å². The number of anilines is 1. The van der Waals surface area contributed by atoms with Gasteiger partial charge < -0.3 is 11.1 Å². The summed E-state index contributed by atoms with van der Waals surface area (Å²) in [4.78, 5) is 15.8. The number of hydrogen-bond acceptors (Lipinski definition) is 3. The van der Waals surface area contributed by atoms with Crippen molar-refractivity contribution >= 4 is 23.2 Å². The number of nitrogens with one attached hydrogen (secondary N) is 1. The SMILES string of the molecule is C[C@@H](N)c1ccc(NC(=O)c2ccc(Cl)nc2)cc1. The number of halogens is 1. The van der Waals surface area contributed by atoms with E-state index in [2.05, 4.69) is 10.3 Å². The first-order chi connectivity index (χ1) is 9.06. The minimum atomic E-state index is -0.224. The van der Waals surface area contributed by atoms with Crippen LogP contribution in [0.3, 0.4) is 0 Å². The zero-order valence-electron chi connectivity index (χ0n) is 10.4. The molecule has 1 aromatic heterocycles. The fraction of sp³-hybridized carbons (Fsp3) is 0.143. The Kier molecular flexibility index (Phi) is 4.14. The van der Waals surface area contributed by atoms with E-state index in [-0.39, 0.29) is 11.9 Å². The topological polar surface area (TPSA) is 68.0 Å². The van der Waals surface area contributed by atoms with E-state index in [1.807, 2.05) is 31.2 Å². The molecule has 5 heteroatoms. The first kappa shape index (κ1) is 13.5. The van der Waals surface area contributed by atoms with E-state index in [0.29, 0.717) is 16.4 Å². The molecule has 0 bridgehead atoms. The number of amides is 1. The van der Waals surface area contributed by atoms with Crippen molar-refractivity contribution in [2.24, 2.45) is 5.73 Å². The highest BCUT2D eigenvalue weighted by molar-refractivity contribution is 6.29. The van der Waals surface area contributed by atoms with Crippen molar-refractivity contribution in [1.29, 1.82) is 0 Å². The van der Waals surface area contributed by atoms with Gasteiger partial charge in [0.25, 0.3) is 5.91 Å². The van der Waals surface area contributed by atoms with E-state index in [1.165, 1.54) is 6.20 Å². The summed E-state index contributed by atoms with van der Waals surface area (Å²) >= 11 is 5.67. The summed E-state index contributed by atoms with van der Waals surface area (Å²) in [6.07, 6.45) is 1.44. The zero-order chi connectivity index (χ0) is 13.8. The highest BCUT2D eigenvalue weighted by Gasteiger charge is 2.07. The third kappa shape index (κ3) is 3.53. The quantitative estimate of drug-likeness (QED) is 0.846. The molecule has 0 saturated heterocycles. The van der Waals surface area contributed by atoms with E-state index in [4.69, 9.17) is 17.3 Å². The van der Waals surface area contributed by atoms with E-state index in [0.717, 1.165) is 5.56 Å². The van der Waals surface area contributed by atoms with Gasteiger partial charge in [0, 0.05) is 17.9 Å². The molecule has 1 heterocycles. The van der Waals surface area contributed by atoms with Gasteiger partial charge in [-0.1, -0.05) is 23.7 Å². The number of carbonyl (C=O) groups is 1. The summed E-state index contributed by atoms with van der Waals surface area (Å²) in [5.74, 6) is -0.224. The van der Waals surface area contributed by atoms with E-state index in [9.17, 15) is 4.79 Å². The van der Waals surface area contributed by atoms with Gasteiger partial charge in [-0.15, -0.1) is 0 Å². The highest BCUT2D eigenvalue weighted by atomic mass is 35.5. The molecule has 2 rings (SSSR count). The maximum absolute atomic E-state index is 11.9. The van der Waals surface area contributed by atoms with Crippen LogP contribution in [0.4, 0.5) is 5.69 Å². The number of rotatable bonds is 3. The van der Waals surface area contributed by atoms with Crippen LogP contribution in [0.5, 0.6) is 0 Å². The Morgan fingerprint density at radius 2 is 1.95 bits per heavy atom. The summed E-state index contributed by atoms with van der Waals surface area (Å²) in [6.45, 7) is 1.91. The van der Waals surface area contributed by atoms with Gasteiger partial charge in [-0.25, -0.2) is 4.98 Å². The van der Waals surface area contributed by atoms with Gasteiger partial charge in [0.2, 0.25) is 0 Å². The smallest absolute Gasteiger partial charge is 0.257 e. The molecule has 1 amide bonds. The van der Waals surface area contributed by atoms with Crippen molar-refractivity contribution in [3.05, 3.63) is 58.9 Å². The van der Waals surface area contributed by atoms with E-state index < -0.39 is 0 Å². The number of benzene rings is 1. The first-order valence-electron chi connectivity index (χ1n) is 5.84. The lowest BCUT2D eigenvalue weighted by molar-refractivity contribution is 0.102. The lowest BCUT2D eigenvalue weighted by atomic mass is 10.1. The molecule has 0 unspecified atom stereocenters. The van der Waals surface area contributed by atoms with Gasteiger partial charge in [-0.2, -0.15) is 0 Å². The van der Waals surface area contributed by atoms with Crippen LogP contribution in [-0.4, -0.2) is 10.9 Å². The molecule has 0 spiro atoms. The Labute approximate surface area is 116 Å². The summed E-state index contributed by atoms with van der Waals surface area (Å²) in [7, 11) is 0. The van der Waals surface area contributed by atoms with Gasteiger partial charge >= 0.3 is 0 Å². The molecule has 0 aliphatic heterocycles. The van der Waals surface area contributed by atoms with Crippen LogP contribution in [0.15, 0.2) is 42.6 Å². The molecule has 0 radical (unpaired) electrons. The highest BCUT2D eigenvalue weighted by Crippen LogP contribution is 2.15. The lowest BCUT2D eigenvalue weighted by Crippen LogP contribution is -2.12. The van der Waals surface area contributed by atoms with Gasteiger partial charge in [0.1, 0.15) is 5.15 Å². The first-order valence-corrected chi connectivity index (χ1v) is 6.22. The van der Waals surface area contributed by atoms with Crippen LogP contribution in [-0.2, 0) is 0 Å². The van der Waals surface area contributed by atoms with Crippen LogP contribution in [0, 0.1) is 0 Å². The molecular weight excluding hydrogens is 262 g/mol. The maximum Gasteiger partial charge on any atom is 0.257 e. The molecule has 19 heavy (non-hydrogen) atoms. The summed E-state index contributed by atoms with van der Waals surface area (Å²) < 4.78 is 0. The summed E-state index contributed by atoms with van der Waals surface area (Å²) in [5.41, 5.74) is 7.95. The van der Waals surface area contributed by atoms with Crippen molar-refractivity contribution < 1.29 is 4.79 Å². The second-order valence-corrected chi connectivity index (χ2v) is 4.62. The van der Waals surface area contributed by atoms with Gasteiger partial charge in [0.15, 0.2) is 0 Å². The predicted molar refractivity (Wildman–Crippen MR) is 76.2 cm³/mol. The Morgan fingerprint density at radius 1 is 1.26 bits per heavy atom. The molecule has 1 atom stereocenters. The van der Waals surface area contributed by atoms with Crippen molar-refractivity contribution in [3.8, 4) is 0 Å². The van der Waals surface area contributed by atoms with Crippen LogP contribution in [0.1, 0.15) is 28.9 Å². The minimum absolute atomic E-state index is 0.0229. The Bertz CT molecular complexity index is 564. The van der Waals surface area contributed by atoms with E-state index in [1.54, 1.807) is 12.1 Å². The van der Waals surface area contributed by atoms with E-state index >= 15 is 0 Å². The van der Waals surface area contributed by atoms with Gasteiger partial charge in [-0.3, -0.25) is 4.79 Å². The van der Waals surface area contributed by atoms with Gasteiger partial charge in [-0.05, 0) is 36.8 Å². The standard InChI is InChI=1S/C14H14ClN3O/c1-9(16)10-2-5-12(6-3-10)18-14(19)11-4-7-13(15)17-8-11/h2-9H,16H2,1H3,(H,18,19)/t9-/m1/s1. The molecule has 1 aromatic carbocycles. The number of aromatic nitrogens is 1. The number of carbonyl (C=O) groups excluding carboxylic acids is 1. The zero-order valence-corrected chi connectivity index (χ0v) is 11.2. The lowest BCUT2D eigenvalue weighted by Gasteiger charge is -2.08. The molecule has 0 aliphatic carbocycles. The van der Waals surface area contributed by atoms with Gasteiger partial charge in [0.05, 0.1) is 5.56 Å². The molecule has 98 valence electrons. The number of nitrogens with zero attached hydrogens (tertiary/aromatic N) is 1. The van der Waals surface area contributed by atoms with Crippen molar-refractivity contribution in [3.63, 3.8) is 0 Å². The molecule has 0 aliphatic rings. The summed E-state index contributed by atoms with van der Waals surface area (Å²) in [6, 6.07) is 10.6. The fourth-order valence-corrected chi connectivity index (χ4v) is 1.70. The normalized spacial score (nSPS) is 11.9. The number of hydrogen-bond donors (Lipinski definition) is 2. The fourth-order valence-electron chi connectivity index (χ4n) is 1.58. The average Bonchev–Trinajstić information content (AvgIpc) is 2.40. The van der Waals surface area contributed by atoms with Crippen molar-refractivity contribution in [1.82, 2.24) is 4.98 Å². The molecule has 0 saturated carbocycles. The second kappa shape index (κ2) is 5.82. The largest absolute Gasteiger partial charge is 0.324 e. The molecule has 0 fully saturated rings. The monoisotopic (exact) mass is 275 g/mol. The maximum atomic E-state index is 11.9. The third-order valence-corrected chi connectivity index (χ3v) is 2.91.